The fourth-order valence-electron chi connectivity index (χ4n) is 1.57. The maximum atomic E-state index is 4.40. The normalized spacial score (nSPS) is 28.1. The van der Waals surface area contributed by atoms with Gasteiger partial charge in [-0.15, -0.1) is 0 Å². The van der Waals surface area contributed by atoms with E-state index in [2.05, 4.69) is 41.2 Å². The van der Waals surface area contributed by atoms with E-state index in [0.717, 1.165) is 12.1 Å². The van der Waals surface area contributed by atoms with Crippen molar-refractivity contribution in [3.63, 3.8) is 0 Å². The SMILES string of the molecule is CN=C1C=C2C=CC(C)N=CC2=CC1. The van der Waals surface area contributed by atoms with Gasteiger partial charge in [-0.25, -0.2) is 0 Å². The van der Waals surface area contributed by atoms with Crippen molar-refractivity contribution in [2.24, 2.45) is 9.98 Å². The van der Waals surface area contributed by atoms with Gasteiger partial charge >= 0.3 is 0 Å². The average Bonchev–Trinajstić information content (AvgIpc) is 2.40. The third-order valence-corrected chi connectivity index (χ3v) is 2.48. The van der Waals surface area contributed by atoms with Crippen LogP contribution in [0.5, 0.6) is 0 Å². The smallest absolute Gasteiger partial charge is 0.0655 e. The van der Waals surface area contributed by atoms with E-state index >= 15 is 0 Å². The molecule has 1 aliphatic heterocycles. The summed E-state index contributed by atoms with van der Waals surface area (Å²) >= 11 is 0. The predicted molar refractivity (Wildman–Crippen MR) is 61.2 cm³/mol. The Hall–Kier alpha value is -1.44. The van der Waals surface area contributed by atoms with Crippen LogP contribution in [-0.2, 0) is 0 Å². The Morgan fingerprint density at radius 2 is 2.29 bits per heavy atom. The largest absolute Gasteiger partial charge is 0.293 e. The van der Waals surface area contributed by atoms with Gasteiger partial charge in [-0.2, -0.15) is 0 Å². The Bertz CT molecular complexity index is 381. The van der Waals surface area contributed by atoms with E-state index in [1.54, 1.807) is 0 Å². The van der Waals surface area contributed by atoms with Gasteiger partial charge in [-0.3, -0.25) is 9.98 Å². The highest BCUT2D eigenvalue weighted by molar-refractivity contribution is 6.03. The summed E-state index contributed by atoms with van der Waals surface area (Å²) in [5, 5.41) is 0. The number of allylic oxidation sites excluding steroid dienone is 5. The molecule has 14 heavy (non-hydrogen) atoms. The van der Waals surface area contributed by atoms with Gasteiger partial charge in [0.15, 0.2) is 0 Å². The van der Waals surface area contributed by atoms with Gasteiger partial charge in [0.05, 0.1) is 6.04 Å². The first kappa shape index (κ1) is 9.13. The van der Waals surface area contributed by atoms with Crippen LogP contribution in [0.1, 0.15) is 13.3 Å². The van der Waals surface area contributed by atoms with Crippen LogP contribution in [0.15, 0.2) is 45.4 Å². The molecule has 2 rings (SSSR count). The van der Waals surface area contributed by atoms with Crippen molar-refractivity contribution in [2.45, 2.75) is 19.4 Å². The third kappa shape index (κ3) is 1.74. The Kier molecular flexibility index (Phi) is 2.44. The van der Waals surface area contributed by atoms with Gasteiger partial charge in [0.2, 0.25) is 0 Å². The third-order valence-electron chi connectivity index (χ3n) is 2.48. The second-order valence-electron chi connectivity index (χ2n) is 3.56. The average molecular weight is 186 g/mol. The molecule has 1 aliphatic carbocycles. The summed E-state index contributed by atoms with van der Waals surface area (Å²) in [4.78, 5) is 8.60. The molecule has 0 N–H and O–H groups in total. The number of aliphatic imine (C=N–C) groups is 2. The summed E-state index contributed by atoms with van der Waals surface area (Å²) in [7, 11) is 1.84. The van der Waals surface area contributed by atoms with E-state index in [0.29, 0.717) is 0 Å². The Labute approximate surface area is 84.5 Å². The van der Waals surface area contributed by atoms with Crippen molar-refractivity contribution in [1.82, 2.24) is 0 Å². The van der Waals surface area contributed by atoms with Crippen LogP contribution in [0, 0.1) is 0 Å². The lowest BCUT2D eigenvalue weighted by molar-refractivity contribution is 0.936. The molecule has 0 saturated heterocycles. The molecule has 0 amide bonds. The Balaban J connectivity index is 2.39. The molecule has 0 radical (unpaired) electrons. The van der Waals surface area contributed by atoms with Crippen LogP contribution in [-0.4, -0.2) is 25.0 Å². The summed E-state index contributed by atoms with van der Waals surface area (Å²) in [6.07, 6.45) is 11.4. The number of hydrogen-bond acceptors (Lipinski definition) is 2. The number of hydrogen-bond donors (Lipinski definition) is 0. The molecule has 2 aliphatic rings. The fourth-order valence-corrected chi connectivity index (χ4v) is 1.57. The topological polar surface area (TPSA) is 24.7 Å². The molecular formula is C12H14N2. The van der Waals surface area contributed by atoms with Crippen molar-refractivity contribution >= 4 is 11.9 Å². The standard InChI is InChI=1S/C12H14N2/c1-9-3-4-10-7-12(13-2)6-5-11(10)8-14-9/h3-5,7-9H,6H2,1-2H3. The van der Waals surface area contributed by atoms with Crippen LogP contribution in [0.25, 0.3) is 0 Å². The summed E-state index contributed by atoms with van der Waals surface area (Å²) in [5.74, 6) is 0. The van der Waals surface area contributed by atoms with Gasteiger partial charge in [-0.1, -0.05) is 18.2 Å². The van der Waals surface area contributed by atoms with Crippen molar-refractivity contribution in [2.75, 3.05) is 7.05 Å². The van der Waals surface area contributed by atoms with Crippen LogP contribution >= 0.6 is 0 Å². The molecule has 0 spiro atoms. The van der Waals surface area contributed by atoms with Crippen molar-refractivity contribution < 1.29 is 0 Å². The van der Waals surface area contributed by atoms with Gasteiger partial charge in [0.25, 0.3) is 0 Å². The van der Waals surface area contributed by atoms with E-state index in [-0.39, 0.29) is 6.04 Å². The second-order valence-corrected chi connectivity index (χ2v) is 3.56. The van der Waals surface area contributed by atoms with Gasteiger partial charge < -0.3 is 0 Å². The molecule has 0 saturated carbocycles. The molecule has 1 unspecified atom stereocenters. The monoisotopic (exact) mass is 186 g/mol. The Morgan fingerprint density at radius 1 is 1.43 bits per heavy atom. The van der Waals surface area contributed by atoms with E-state index < -0.39 is 0 Å². The Morgan fingerprint density at radius 3 is 3.07 bits per heavy atom. The summed E-state index contributed by atoms with van der Waals surface area (Å²) in [6, 6.07) is 0.282. The first-order valence-corrected chi connectivity index (χ1v) is 4.89. The molecule has 1 heterocycles. The first-order valence-electron chi connectivity index (χ1n) is 4.89. The molecule has 0 aromatic carbocycles. The molecule has 2 heteroatoms. The number of rotatable bonds is 0. The highest BCUT2D eigenvalue weighted by Gasteiger charge is 2.10. The highest BCUT2D eigenvalue weighted by atomic mass is 14.8. The molecule has 0 aromatic rings. The minimum absolute atomic E-state index is 0.282. The van der Waals surface area contributed by atoms with Gasteiger partial charge in [0, 0.05) is 25.4 Å². The zero-order valence-electron chi connectivity index (χ0n) is 8.57. The molecule has 1 atom stereocenters. The molecule has 72 valence electrons. The van der Waals surface area contributed by atoms with E-state index in [9.17, 15) is 0 Å². The van der Waals surface area contributed by atoms with Gasteiger partial charge in [0.1, 0.15) is 0 Å². The quantitative estimate of drug-likeness (QED) is 0.554. The summed E-state index contributed by atoms with van der Waals surface area (Å²) < 4.78 is 0. The molecule has 0 fully saturated rings. The van der Waals surface area contributed by atoms with Crippen LogP contribution < -0.4 is 0 Å². The maximum absolute atomic E-state index is 4.40. The van der Waals surface area contributed by atoms with Gasteiger partial charge in [-0.05, 0) is 24.1 Å². The summed E-state index contributed by atoms with van der Waals surface area (Å²) in [5.41, 5.74) is 3.58. The second kappa shape index (κ2) is 3.74. The lowest BCUT2D eigenvalue weighted by Crippen LogP contribution is -2.02. The molecular weight excluding hydrogens is 172 g/mol. The van der Waals surface area contributed by atoms with E-state index in [1.165, 1.54) is 11.1 Å². The fraction of sp³-hybridized carbons (Fsp3) is 0.333. The molecule has 0 bridgehead atoms. The van der Waals surface area contributed by atoms with Crippen molar-refractivity contribution in [1.29, 1.82) is 0 Å². The molecule has 0 aromatic heterocycles. The first-order chi connectivity index (χ1) is 6.79. The maximum Gasteiger partial charge on any atom is 0.0655 e. The van der Waals surface area contributed by atoms with Crippen LogP contribution in [0.3, 0.4) is 0 Å². The minimum Gasteiger partial charge on any atom is -0.293 e. The van der Waals surface area contributed by atoms with Crippen LogP contribution in [0.2, 0.25) is 0 Å². The number of fused-ring (bicyclic) bond motifs is 1. The van der Waals surface area contributed by atoms with E-state index in [4.69, 9.17) is 0 Å². The molecule has 2 nitrogen and oxygen atoms in total. The lowest BCUT2D eigenvalue weighted by atomic mass is 9.97. The predicted octanol–water partition coefficient (Wildman–Crippen LogP) is 2.34. The number of nitrogens with zero attached hydrogens (tertiary/aromatic N) is 2. The zero-order valence-corrected chi connectivity index (χ0v) is 8.57. The van der Waals surface area contributed by atoms with Crippen LogP contribution in [0.4, 0.5) is 0 Å². The highest BCUT2D eigenvalue weighted by Crippen LogP contribution is 2.20. The minimum atomic E-state index is 0.282. The lowest BCUT2D eigenvalue weighted by Gasteiger charge is -2.09. The summed E-state index contributed by atoms with van der Waals surface area (Å²) in [6.45, 7) is 2.08. The van der Waals surface area contributed by atoms with E-state index in [1.807, 2.05) is 13.3 Å². The van der Waals surface area contributed by atoms with Crippen molar-refractivity contribution in [3.05, 3.63) is 35.5 Å². The zero-order chi connectivity index (χ0) is 9.97. The van der Waals surface area contributed by atoms with Crippen molar-refractivity contribution in [3.8, 4) is 0 Å².